The molecule has 1 unspecified atom stereocenters. The number of aromatic nitrogens is 2. The normalized spacial score (nSPS) is 21.6. The van der Waals surface area contributed by atoms with Gasteiger partial charge >= 0.3 is 6.18 Å². The van der Waals surface area contributed by atoms with Crippen LogP contribution in [-0.4, -0.2) is 49.1 Å². The molecule has 27 heavy (non-hydrogen) atoms. The first kappa shape index (κ1) is 18.6. The summed E-state index contributed by atoms with van der Waals surface area (Å²) in [5.74, 6) is 0.700. The van der Waals surface area contributed by atoms with E-state index in [-0.39, 0.29) is 0 Å². The maximum Gasteiger partial charge on any atom is 0.435 e. The minimum Gasteiger partial charge on any atom is -0.300 e. The number of hydrogen-bond donors (Lipinski definition) is 0. The smallest absolute Gasteiger partial charge is 0.300 e. The summed E-state index contributed by atoms with van der Waals surface area (Å²) < 4.78 is 55.4. The molecule has 0 N–H and O–H groups in total. The quantitative estimate of drug-likeness (QED) is 0.799. The molecule has 3 heterocycles. The molecule has 1 fully saturated rings. The highest BCUT2D eigenvalue weighted by molar-refractivity contribution is 7.82. The Labute approximate surface area is 158 Å². The summed E-state index contributed by atoms with van der Waals surface area (Å²) in [5.41, 5.74) is 1.73. The number of hydrogen-bond acceptors (Lipinski definition) is 3. The predicted octanol–water partition coefficient (Wildman–Crippen LogP) is 2.75. The molecule has 4 rings (SSSR count). The minimum absolute atomic E-state index is 0.303. The maximum absolute atomic E-state index is 13.4. The molecule has 1 atom stereocenters. The number of halogens is 3. The van der Waals surface area contributed by atoms with Crippen LogP contribution in [0, 0.1) is 0 Å². The Morgan fingerprint density at radius 3 is 2.56 bits per heavy atom. The number of rotatable bonds is 3. The largest absolute Gasteiger partial charge is 0.435 e. The van der Waals surface area contributed by atoms with Gasteiger partial charge in [0.25, 0.3) is 0 Å². The zero-order valence-electron chi connectivity index (χ0n) is 15.0. The molecule has 0 radical (unpaired) electrons. The van der Waals surface area contributed by atoms with Gasteiger partial charge in [-0.25, -0.2) is 13.2 Å². The average Bonchev–Trinajstić information content (AvgIpc) is 3.19. The van der Waals surface area contributed by atoms with Crippen LogP contribution < -0.4 is 0 Å². The maximum atomic E-state index is 13.4. The molecule has 2 aromatic rings. The highest BCUT2D eigenvalue weighted by Crippen LogP contribution is 2.35. The van der Waals surface area contributed by atoms with Gasteiger partial charge in [-0.1, -0.05) is 12.1 Å². The Morgan fingerprint density at radius 2 is 1.93 bits per heavy atom. The van der Waals surface area contributed by atoms with Crippen molar-refractivity contribution in [2.24, 2.45) is 0 Å². The molecule has 1 saturated heterocycles. The molecular weight excluding hydrogens is 377 g/mol. The fourth-order valence-corrected chi connectivity index (χ4v) is 4.94. The van der Waals surface area contributed by atoms with Gasteiger partial charge in [0, 0.05) is 37.5 Å². The van der Waals surface area contributed by atoms with Crippen LogP contribution in [0.4, 0.5) is 13.2 Å². The second-order valence-electron chi connectivity index (χ2n) is 7.08. The van der Waals surface area contributed by atoms with E-state index in [4.69, 9.17) is 0 Å². The highest BCUT2D eigenvalue weighted by atomic mass is 32.2. The standard InChI is InChI=1S/C18H21F3N4OS/c1-23-9-7-15-16(12-23)25(22-17(15)18(19,20)21)14-5-3-13(4-6-14)11-24-8-2-10-27(24)26/h3-6H,2,7-12H2,1H3. The van der Waals surface area contributed by atoms with Crippen molar-refractivity contribution in [3.63, 3.8) is 0 Å². The van der Waals surface area contributed by atoms with Gasteiger partial charge in [-0.3, -0.25) is 0 Å². The summed E-state index contributed by atoms with van der Waals surface area (Å²) in [5, 5.41) is 3.92. The van der Waals surface area contributed by atoms with E-state index in [1.54, 1.807) is 12.1 Å². The van der Waals surface area contributed by atoms with Gasteiger partial charge in [0.2, 0.25) is 0 Å². The summed E-state index contributed by atoms with van der Waals surface area (Å²) in [6.07, 6.45) is -3.18. The topological polar surface area (TPSA) is 41.4 Å². The summed E-state index contributed by atoms with van der Waals surface area (Å²) in [6, 6.07) is 7.32. The molecule has 2 aliphatic heterocycles. The second kappa shape index (κ2) is 7.03. The fraction of sp³-hybridized carbons (Fsp3) is 0.500. The Kier molecular flexibility index (Phi) is 4.85. The molecule has 2 aliphatic rings. The van der Waals surface area contributed by atoms with Crippen LogP contribution in [0.5, 0.6) is 0 Å². The van der Waals surface area contributed by atoms with Crippen molar-refractivity contribution in [3.8, 4) is 5.69 Å². The van der Waals surface area contributed by atoms with Crippen LogP contribution in [-0.2, 0) is 36.7 Å². The van der Waals surface area contributed by atoms with Crippen molar-refractivity contribution < 1.29 is 17.4 Å². The number of nitrogens with zero attached hydrogens (tertiary/aromatic N) is 4. The first-order valence-corrected chi connectivity index (χ1v) is 10.2. The lowest BCUT2D eigenvalue weighted by Crippen LogP contribution is -2.28. The third kappa shape index (κ3) is 3.68. The number of benzene rings is 1. The molecule has 0 aliphatic carbocycles. The van der Waals surface area contributed by atoms with Crippen molar-refractivity contribution in [2.75, 3.05) is 25.9 Å². The van der Waals surface area contributed by atoms with Crippen molar-refractivity contribution in [1.29, 1.82) is 0 Å². The fourth-order valence-electron chi connectivity index (χ4n) is 3.68. The van der Waals surface area contributed by atoms with Gasteiger partial charge in [0.1, 0.15) is 0 Å². The van der Waals surface area contributed by atoms with Gasteiger partial charge in [-0.2, -0.15) is 18.3 Å². The Bertz CT molecular complexity index is 863. The van der Waals surface area contributed by atoms with Crippen LogP contribution in [0.1, 0.15) is 28.9 Å². The van der Waals surface area contributed by atoms with Gasteiger partial charge in [-0.05, 0) is 37.6 Å². The van der Waals surface area contributed by atoms with E-state index in [9.17, 15) is 17.4 Å². The van der Waals surface area contributed by atoms with E-state index in [1.165, 1.54) is 4.68 Å². The molecule has 1 aromatic heterocycles. The number of fused-ring (bicyclic) bond motifs is 1. The van der Waals surface area contributed by atoms with Crippen LogP contribution in [0.3, 0.4) is 0 Å². The monoisotopic (exact) mass is 398 g/mol. The number of alkyl halides is 3. The zero-order valence-corrected chi connectivity index (χ0v) is 15.8. The average molecular weight is 398 g/mol. The van der Waals surface area contributed by atoms with E-state index >= 15 is 0 Å². The van der Waals surface area contributed by atoms with E-state index in [0.717, 1.165) is 18.5 Å². The first-order chi connectivity index (χ1) is 12.8. The Hall–Kier alpha value is -1.71. The van der Waals surface area contributed by atoms with Crippen molar-refractivity contribution in [1.82, 2.24) is 19.0 Å². The SMILES string of the molecule is CN1CCc2c(C(F)(F)F)nn(-c3ccc(CN4CCCS4=O)cc3)c2C1. The zero-order chi connectivity index (χ0) is 19.2. The predicted molar refractivity (Wildman–Crippen MR) is 96.6 cm³/mol. The van der Waals surface area contributed by atoms with Gasteiger partial charge in [0.05, 0.1) is 22.4 Å². The summed E-state index contributed by atoms with van der Waals surface area (Å²) >= 11 is 0. The molecule has 0 amide bonds. The molecule has 9 heteroatoms. The van der Waals surface area contributed by atoms with Crippen LogP contribution >= 0.6 is 0 Å². The van der Waals surface area contributed by atoms with E-state index in [1.807, 2.05) is 28.4 Å². The second-order valence-corrected chi connectivity index (χ2v) is 8.65. The Morgan fingerprint density at radius 1 is 1.19 bits per heavy atom. The van der Waals surface area contributed by atoms with E-state index in [0.29, 0.717) is 48.8 Å². The van der Waals surface area contributed by atoms with Crippen LogP contribution in [0.25, 0.3) is 5.69 Å². The Balaban J connectivity index is 1.65. The van der Waals surface area contributed by atoms with E-state index in [2.05, 4.69) is 5.10 Å². The lowest BCUT2D eigenvalue weighted by molar-refractivity contribution is -0.142. The summed E-state index contributed by atoms with van der Waals surface area (Å²) in [4.78, 5) is 2.00. The lowest BCUT2D eigenvalue weighted by atomic mass is 10.0. The lowest BCUT2D eigenvalue weighted by Gasteiger charge is -2.24. The molecule has 1 aromatic carbocycles. The van der Waals surface area contributed by atoms with Crippen molar-refractivity contribution >= 4 is 11.0 Å². The first-order valence-electron chi connectivity index (χ1n) is 8.92. The molecule has 0 saturated carbocycles. The third-order valence-electron chi connectivity index (χ3n) is 5.08. The molecule has 146 valence electrons. The summed E-state index contributed by atoms with van der Waals surface area (Å²) in [6.45, 7) is 2.42. The molecular formula is C18H21F3N4OS. The number of likely N-dealkylation sites (N-methyl/N-ethyl adjacent to an activating group) is 1. The summed E-state index contributed by atoms with van der Waals surface area (Å²) in [7, 11) is 0.966. The van der Waals surface area contributed by atoms with Gasteiger partial charge in [-0.15, -0.1) is 0 Å². The van der Waals surface area contributed by atoms with Gasteiger partial charge in [0.15, 0.2) is 5.69 Å². The minimum atomic E-state index is -4.45. The van der Waals surface area contributed by atoms with Crippen LogP contribution in [0.15, 0.2) is 24.3 Å². The molecule has 0 spiro atoms. The third-order valence-corrected chi connectivity index (χ3v) is 6.60. The van der Waals surface area contributed by atoms with Crippen molar-refractivity contribution in [3.05, 3.63) is 46.8 Å². The molecule has 5 nitrogen and oxygen atoms in total. The van der Waals surface area contributed by atoms with Gasteiger partial charge < -0.3 is 4.90 Å². The highest BCUT2D eigenvalue weighted by Gasteiger charge is 2.40. The van der Waals surface area contributed by atoms with E-state index < -0.39 is 22.9 Å². The van der Waals surface area contributed by atoms with Crippen LogP contribution in [0.2, 0.25) is 0 Å². The molecule has 0 bridgehead atoms. The van der Waals surface area contributed by atoms with Crippen molar-refractivity contribution in [2.45, 2.75) is 32.1 Å².